The van der Waals surface area contributed by atoms with Gasteiger partial charge in [-0.25, -0.2) is 14.1 Å². The summed E-state index contributed by atoms with van der Waals surface area (Å²) in [4.78, 5) is 23.9. The van der Waals surface area contributed by atoms with Gasteiger partial charge in [0.25, 0.3) is 5.91 Å². The third-order valence-electron chi connectivity index (χ3n) is 8.50. The normalized spacial score (nSPS) is 17.5. The van der Waals surface area contributed by atoms with E-state index in [1.807, 2.05) is 25.2 Å². The minimum Gasteiger partial charge on any atom is -0.340 e. The van der Waals surface area contributed by atoms with Gasteiger partial charge in [-0.15, -0.1) is 0 Å². The molecule has 1 amide bonds. The second-order valence-electron chi connectivity index (χ2n) is 11.3. The lowest BCUT2D eigenvalue weighted by atomic mass is 9.87. The zero-order valence-electron chi connectivity index (χ0n) is 23.9. The van der Waals surface area contributed by atoms with Gasteiger partial charge in [-0.05, 0) is 74.5 Å². The minimum absolute atomic E-state index is 0.266. The number of hydrogen-bond donors (Lipinski definition) is 3. The Hall–Kier alpha value is -4.05. The quantitative estimate of drug-likeness (QED) is 0.298. The Bertz CT molecular complexity index is 1530. The van der Waals surface area contributed by atoms with Crippen LogP contribution in [0.25, 0.3) is 11.0 Å². The molecule has 6 rings (SSSR count). The van der Waals surface area contributed by atoms with E-state index in [0.717, 1.165) is 52.2 Å². The highest BCUT2D eigenvalue weighted by atomic mass is 19.1. The summed E-state index contributed by atoms with van der Waals surface area (Å²) >= 11 is 0. The van der Waals surface area contributed by atoms with Crippen molar-refractivity contribution in [1.29, 1.82) is 0 Å². The van der Waals surface area contributed by atoms with Gasteiger partial charge < -0.3 is 20.9 Å². The summed E-state index contributed by atoms with van der Waals surface area (Å²) in [5, 5.41) is 15.4. The van der Waals surface area contributed by atoms with Crippen LogP contribution in [-0.4, -0.2) is 62.4 Å². The van der Waals surface area contributed by atoms with E-state index in [-0.39, 0.29) is 18.7 Å². The number of halogens is 1. The van der Waals surface area contributed by atoms with E-state index in [1.165, 1.54) is 5.56 Å². The Morgan fingerprint density at radius 1 is 1.02 bits per heavy atom. The van der Waals surface area contributed by atoms with Crippen molar-refractivity contribution in [2.45, 2.75) is 51.1 Å². The highest BCUT2D eigenvalue weighted by Crippen LogP contribution is 2.33. The van der Waals surface area contributed by atoms with E-state index in [1.54, 1.807) is 15.8 Å². The van der Waals surface area contributed by atoms with Gasteiger partial charge in [0.1, 0.15) is 0 Å². The average molecular weight is 557 g/mol. The Labute approximate surface area is 239 Å². The van der Waals surface area contributed by atoms with Gasteiger partial charge in [0, 0.05) is 50.6 Å². The Morgan fingerprint density at radius 3 is 2.39 bits per heavy atom. The van der Waals surface area contributed by atoms with Crippen molar-refractivity contribution in [1.82, 2.24) is 30.0 Å². The maximum Gasteiger partial charge on any atom is 0.260 e. The molecule has 0 unspecified atom stereocenters. The van der Waals surface area contributed by atoms with Crippen molar-refractivity contribution in [3.63, 3.8) is 0 Å². The SMILES string of the molecule is Cc1cccc(C)c1Nc1nn(C)c2nc(Nc3ccc(C4CCN(C(=O)C5(F)CCNCC5)CC4)cc3)ncc12. The molecule has 0 aliphatic carbocycles. The predicted octanol–water partition coefficient (Wildman–Crippen LogP) is 5.27. The van der Waals surface area contributed by atoms with Gasteiger partial charge >= 0.3 is 0 Å². The van der Waals surface area contributed by atoms with E-state index in [9.17, 15) is 4.79 Å². The number of para-hydroxylation sites is 1. The van der Waals surface area contributed by atoms with Gasteiger partial charge in [-0.3, -0.25) is 4.79 Å². The van der Waals surface area contributed by atoms with Crippen LogP contribution in [0.1, 0.15) is 48.3 Å². The molecule has 0 spiro atoms. The first-order chi connectivity index (χ1) is 19.8. The van der Waals surface area contributed by atoms with Crippen LogP contribution in [0.4, 0.5) is 27.5 Å². The Balaban J connectivity index is 1.09. The fourth-order valence-electron chi connectivity index (χ4n) is 6.02. The third-order valence-corrected chi connectivity index (χ3v) is 8.50. The smallest absolute Gasteiger partial charge is 0.260 e. The van der Waals surface area contributed by atoms with Crippen molar-refractivity contribution in [3.8, 4) is 0 Å². The molecule has 2 aromatic carbocycles. The number of alkyl halides is 1. The molecule has 2 aliphatic heterocycles. The molecule has 2 saturated heterocycles. The number of nitrogens with zero attached hydrogens (tertiary/aromatic N) is 5. The van der Waals surface area contributed by atoms with Crippen molar-refractivity contribution in [2.24, 2.45) is 7.05 Å². The number of carbonyl (C=O) groups is 1. The number of nitrogens with one attached hydrogen (secondary N) is 3. The summed E-state index contributed by atoms with van der Waals surface area (Å²) in [6, 6.07) is 14.5. The predicted molar refractivity (Wildman–Crippen MR) is 160 cm³/mol. The molecular weight excluding hydrogens is 519 g/mol. The number of rotatable bonds is 6. The summed E-state index contributed by atoms with van der Waals surface area (Å²) < 4.78 is 16.9. The maximum atomic E-state index is 15.2. The molecule has 214 valence electrons. The molecule has 10 heteroatoms. The topological polar surface area (TPSA) is 100 Å². The lowest BCUT2D eigenvalue weighted by Crippen LogP contribution is -2.53. The van der Waals surface area contributed by atoms with Gasteiger partial charge in [0.2, 0.25) is 5.95 Å². The van der Waals surface area contributed by atoms with Crippen molar-refractivity contribution < 1.29 is 9.18 Å². The van der Waals surface area contributed by atoms with Crippen molar-refractivity contribution >= 4 is 40.1 Å². The molecule has 2 aliphatic rings. The monoisotopic (exact) mass is 556 g/mol. The molecular formula is C31H37FN8O. The number of benzene rings is 2. The number of likely N-dealkylation sites (tertiary alicyclic amines) is 1. The van der Waals surface area contributed by atoms with Crippen LogP contribution in [0.5, 0.6) is 0 Å². The summed E-state index contributed by atoms with van der Waals surface area (Å²) in [7, 11) is 1.88. The van der Waals surface area contributed by atoms with Gasteiger partial charge in [-0.1, -0.05) is 30.3 Å². The van der Waals surface area contributed by atoms with Crippen molar-refractivity contribution in [3.05, 3.63) is 65.4 Å². The maximum absolute atomic E-state index is 15.2. The zero-order valence-corrected chi connectivity index (χ0v) is 23.9. The first kappa shape index (κ1) is 27.1. The molecule has 4 aromatic rings. The van der Waals surface area contributed by atoms with E-state index >= 15 is 4.39 Å². The molecule has 0 bridgehead atoms. The number of hydrogen-bond acceptors (Lipinski definition) is 7. The number of amides is 1. The molecule has 2 fully saturated rings. The van der Waals surface area contributed by atoms with Gasteiger partial charge in [0.15, 0.2) is 17.1 Å². The zero-order chi connectivity index (χ0) is 28.6. The van der Waals surface area contributed by atoms with E-state index in [4.69, 9.17) is 4.98 Å². The number of carbonyl (C=O) groups excluding carboxylic acids is 1. The van der Waals surface area contributed by atoms with Gasteiger partial charge in [-0.2, -0.15) is 10.1 Å². The van der Waals surface area contributed by atoms with Crippen LogP contribution in [0, 0.1) is 13.8 Å². The van der Waals surface area contributed by atoms with Crippen LogP contribution >= 0.6 is 0 Å². The molecule has 41 heavy (non-hydrogen) atoms. The second kappa shape index (κ2) is 11.1. The first-order valence-electron chi connectivity index (χ1n) is 14.4. The fourth-order valence-corrected chi connectivity index (χ4v) is 6.02. The Morgan fingerprint density at radius 2 is 1.71 bits per heavy atom. The Kier molecular flexibility index (Phi) is 7.33. The number of anilines is 4. The summed E-state index contributed by atoms with van der Waals surface area (Å²) in [6.07, 6.45) is 4.00. The number of fused-ring (bicyclic) bond motifs is 1. The lowest BCUT2D eigenvalue weighted by molar-refractivity contribution is -0.147. The second-order valence-corrected chi connectivity index (χ2v) is 11.3. The summed E-state index contributed by atoms with van der Waals surface area (Å²) in [5.41, 5.74) is 4.48. The number of piperidine rings is 2. The standard InChI is InChI=1S/C31H37FN8O/c1-20-5-4-6-21(2)26(20)36-27-25-19-34-30(37-28(25)39(3)38-27)35-24-9-7-22(8-10-24)23-11-17-40(18-12-23)29(41)31(32)13-15-33-16-14-31/h4-10,19,23,33H,11-18H2,1-3H3,(H,36,38)(H,34,35,37). The highest BCUT2D eigenvalue weighted by Gasteiger charge is 2.43. The summed E-state index contributed by atoms with van der Waals surface area (Å²) in [6.45, 7) is 6.47. The third kappa shape index (κ3) is 5.48. The molecule has 0 atom stereocenters. The fraction of sp³-hybridized carbons (Fsp3) is 0.419. The van der Waals surface area contributed by atoms with Crippen LogP contribution in [0.3, 0.4) is 0 Å². The largest absolute Gasteiger partial charge is 0.340 e. The number of aromatic nitrogens is 4. The first-order valence-corrected chi connectivity index (χ1v) is 14.4. The van der Waals surface area contributed by atoms with Crippen LogP contribution in [0.15, 0.2) is 48.7 Å². The van der Waals surface area contributed by atoms with Crippen LogP contribution in [0.2, 0.25) is 0 Å². The van der Waals surface area contributed by atoms with E-state index in [2.05, 4.69) is 64.1 Å². The molecule has 4 heterocycles. The van der Waals surface area contributed by atoms with Crippen LogP contribution < -0.4 is 16.0 Å². The molecule has 3 N–H and O–H groups in total. The molecule has 9 nitrogen and oxygen atoms in total. The summed E-state index contributed by atoms with van der Waals surface area (Å²) in [5.74, 6) is 1.25. The van der Waals surface area contributed by atoms with Gasteiger partial charge in [0.05, 0.1) is 5.39 Å². The number of aryl methyl sites for hydroxylation is 3. The van der Waals surface area contributed by atoms with E-state index < -0.39 is 5.67 Å². The highest BCUT2D eigenvalue weighted by molar-refractivity contribution is 5.90. The minimum atomic E-state index is -1.70. The lowest BCUT2D eigenvalue weighted by Gasteiger charge is -2.38. The molecule has 0 saturated carbocycles. The van der Waals surface area contributed by atoms with Crippen molar-refractivity contribution in [2.75, 3.05) is 36.8 Å². The van der Waals surface area contributed by atoms with E-state index in [0.29, 0.717) is 38.0 Å². The average Bonchev–Trinajstić information content (AvgIpc) is 3.29. The molecule has 0 radical (unpaired) electrons. The molecule has 2 aromatic heterocycles. The van der Waals surface area contributed by atoms with Crippen LogP contribution in [-0.2, 0) is 11.8 Å².